The Morgan fingerprint density at radius 1 is 1.44 bits per heavy atom. The number of aliphatic hydroxyl groups is 1. The van der Waals surface area contributed by atoms with Gasteiger partial charge in [-0.1, -0.05) is 11.6 Å². The standard InChI is InChI=1S/C13H15ClN2O2/c14-12-10(7-15)5-6-16-13(12)18-11-3-1-9(8-17)2-4-11/h5-6,9,11,17H,1-4,8H2. The van der Waals surface area contributed by atoms with Crippen LogP contribution in [0.15, 0.2) is 12.3 Å². The van der Waals surface area contributed by atoms with Crippen molar-refractivity contribution in [1.29, 1.82) is 5.26 Å². The third-order valence-electron chi connectivity index (χ3n) is 3.31. The van der Waals surface area contributed by atoms with E-state index in [0.717, 1.165) is 25.7 Å². The number of hydrogen-bond acceptors (Lipinski definition) is 4. The highest BCUT2D eigenvalue weighted by Gasteiger charge is 2.23. The van der Waals surface area contributed by atoms with E-state index in [9.17, 15) is 0 Å². The molecule has 0 saturated heterocycles. The van der Waals surface area contributed by atoms with Crippen LogP contribution in [0.2, 0.25) is 5.02 Å². The third kappa shape index (κ3) is 2.92. The van der Waals surface area contributed by atoms with Crippen LogP contribution in [-0.2, 0) is 0 Å². The van der Waals surface area contributed by atoms with Crippen LogP contribution in [0.4, 0.5) is 0 Å². The van der Waals surface area contributed by atoms with E-state index < -0.39 is 0 Å². The Kier molecular flexibility index (Phi) is 4.40. The molecule has 0 aliphatic heterocycles. The minimum atomic E-state index is 0.0757. The molecule has 2 rings (SSSR count). The molecule has 1 fully saturated rings. The van der Waals surface area contributed by atoms with Crippen molar-refractivity contribution in [1.82, 2.24) is 4.98 Å². The van der Waals surface area contributed by atoms with Gasteiger partial charge in [-0.25, -0.2) is 4.98 Å². The maximum Gasteiger partial charge on any atom is 0.234 e. The highest BCUT2D eigenvalue weighted by molar-refractivity contribution is 6.32. The molecule has 4 nitrogen and oxygen atoms in total. The van der Waals surface area contributed by atoms with Gasteiger partial charge in [-0.3, -0.25) is 0 Å². The van der Waals surface area contributed by atoms with Gasteiger partial charge in [0, 0.05) is 12.8 Å². The average molecular weight is 267 g/mol. The van der Waals surface area contributed by atoms with Crippen molar-refractivity contribution in [3.05, 3.63) is 22.8 Å². The molecule has 0 radical (unpaired) electrons. The lowest BCUT2D eigenvalue weighted by Gasteiger charge is -2.27. The molecule has 1 saturated carbocycles. The first kappa shape index (κ1) is 13.1. The Morgan fingerprint density at radius 2 is 2.17 bits per heavy atom. The lowest BCUT2D eigenvalue weighted by atomic mass is 9.88. The second-order valence-corrected chi connectivity index (χ2v) is 4.91. The van der Waals surface area contributed by atoms with Crippen molar-refractivity contribution in [2.24, 2.45) is 5.92 Å². The summed E-state index contributed by atoms with van der Waals surface area (Å²) in [6, 6.07) is 3.57. The zero-order chi connectivity index (χ0) is 13.0. The van der Waals surface area contributed by atoms with Crippen molar-refractivity contribution in [3.63, 3.8) is 0 Å². The van der Waals surface area contributed by atoms with Crippen LogP contribution in [0, 0.1) is 17.2 Å². The van der Waals surface area contributed by atoms with E-state index in [1.54, 1.807) is 6.07 Å². The van der Waals surface area contributed by atoms with E-state index in [1.165, 1.54) is 6.20 Å². The Labute approximate surface area is 111 Å². The van der Waals surface area contributed by atoms with Crippen LogP contribution in [-0.4, -0.2) is 22.8 Å². The normalized spacial score (nSPS) is 23.4. The first-order valence-electron chi connectivity index (χ1n) is 6.06. The molecular weight excluding hydrogens is 252 g/mol. The molecule has 0 spiro atoms. The number of aliphatic hydroxyl groups excluding tert-OH is 1. The zero-order valence-electron chi connectivity index (χ0n) is 9.97. The van der Waals surface area contributed by atoms with E-state index in [0.29, 0.717) is 17.4 Å². The SMILES string of the molecule is N#Cc1ccnc(OC2CCC(CO)CC2)c1Cl. The van der Waals surface area contributed by atoms with Gasteiger partial charge in [-0.2, -0.15) is 5.26 Å². The summed E-state index contributed by atoms with van der Waals surface area (Å²) in [7, 11) is 0. The Hall–Kier alpha value is -1.31. The summed E-state index contributed by atoms with van der Waals surface area (Å²) in [4.78, 5) is 4.07. The number of ether oxygens (including phenoxy) is 1. The highest BCUT2D eigenvalue weighted by Crippen LogP contribution is 2.30. The second kappa shape index (κ2) is 6.03. The topological polar surface area (TPSA) is 66.1 Å². The number of pyridine rings is 1. The minimum absolute atomic E-state index is 0.0757. The predicted octanol–water partition coefficient (Wildman–Crippen LogP) is 2.54. The van der Waals surface area contributed by atoms with Gasteiger partial charge in [-0.05, 0) is 37.7 Å². The number of nitrogens with zero attached hydrogens (tertiary/aromatic N) is 2. The molecule has 0 amide bonds. The van der Waals surface area contributed by atoms with Gasteiger partial charge in [0.1, 0.15) is 17.2 Å². The lowest BCUT2D eigenvalue weighted by molar-refractivity contribution is 0.101. The summed E-state index contributed by atoms with van der Waals surface area (Å²) in [5, 5.41) is 18.2. The lowest BCUT2D eigenvalue weighted by Crippen LogP contribution is -2.26. The molecule has 1 aliphatic rings. The second-order valence-electron chi connectivity index (χ2n) is 4.53. The van der Waals surface area contributed by atoms with Gasteiger partial charge >= 0.3 is 0 Å². The zero-order valence-corrected chi connectivity index (χ0v) is 10.7. The number of halogens is 1. The Bertz CT molecular complexity index is 451. The molecule has 5 heteroatoms. The van der Waals surface area contributed by atoms with Crippen LogP contribution in [0.25, 0.3) is 0 Å². The molecular formula is C13H15ClN2O2. The van der Waals surface area contributed by atoms with Gasteiger partial charge in [-0.15, -0.1) is 0 Å². The summed E-state index contributed by atoms with van der Waals surface area (Å²) in [6.45, 7) is 0.246. The largest absolute Gasteiger partial charge is 0.473 e. The predicted molar refractivity (Wildman–Crippen MR) is 67.4 cm³/mol. The third-order valence-corrected chi connectivity index (χ3v) is 3.67. The molecule has 0 aromatic carbocycles. The van der Waals surface area contributed by atoms with Crippen molar-refractivity contribution >= 4 is 11.6 Å². The maximum atomic E-state index is 9.07. The Balaban J connectivity index is 2.01. The van der Waals surface area contributed by atoms with Crippen molar-refractivity contribution in [2.75, 3.05) is 6.61 Å². The summed E-state index contributed by atoms with van der Waals surface area (Å²) in [6.07, 6.45) is 5.29. The molecule has 0 bridgehead atoms. The first-order chi connectivity index (χ1) is 8.74. The monoisotopic (exact) mass is 266 g/mol. The van der Waals surface area contributed by atoms with Crippen LogP contribution >= 0.6 is 11.6 Å². The van der Waals surface area contributed by atoms with E-state index in [4.69, 9.17) is 26.7 Å². The maximum absolute atomic E-state index is 9.07. The van der Waals surface area contributed by atoms with Crippen LogP contribution in [0.1, 0.15) is 31.2 Å². The fourth-order valence-electron chi connectivity index (χ4n) is 2.18. The van der Waals surface area contributed by atoms with Crippen molar-refractivity contribution in [3.8, 4) is 11.9 Å². The molecule has 96 valence electrons. The van der Waals surface area contributed by atoms with Gasteiger partial charge in [0.15, 0.2) is 0 Å². The molecule has 0 unspecified atom stereocenters. The molecule has 18 heavy (non-hydrogen) atoms. The van der Waals surface area contributed by atoms with Gasteiger partial charge in [0.2, 0.25) is 5.88 Å². The van der Waals surface area contributed by atoms with Crippen molar-refractivity contribution in [2.45, 2.75) is 31.8 Å². The van der Waals surface area contributed by atoms with Gasteiger partial charge in [0.05, 0.1) is 5.56 Å². The molecule has 1 N–H and O–H groups in total. The average Bonchev–Trinajstić information content (AvgIpc) is 2.42. The number of hydrogen-bond donors (Lipinski definition) is 1. The molecule has 1 aromatic heterocycles. The van der Waals surface area contributed by atoms with E-state index in [1.807, 2.05) is 6.07 Å². The summed E-state index contributed by atoms with van der Waals surface area (Å²) >= 11 is 6.03. The molecule has 1 aliphatic carbocycles. The molecule has 0 atom stereocenters. The summed E-state index contributed by atoms with van der Waals surface area (Å²) in [5.41, 5.74) is 0.380. The minimum Gasteiger partial charge on any atom is -0.473 e. The molecule has 1 heterocycles. The number of rotatable bonds is 3. The number of nitriles is 1. The first-order valence-corrected chi connectivity index (χ1v) is 6.44. The van der Waals surface area contributed by atoms with Crippen LogP contribution < -0.4 is 4.74 Å². The fourth-order valence-corrected chi connectivity index (χ4v) is 2.38. The van der Waals surface area contributed by atoms with E-state index >= 15 is 0 Å². The highest BCUT2D eigenvalue weighted by atomic mass is 35.5. The van der Waals surface area contributed by atoms with E-state index in [-0.39, 0.29) is 17.7 Å². The summed E-state index contributed by atoms with van der Waals surface area (Å²) < 4.78 is 5.75. The van der Waals surface area contributed by atoms with Crippen LogP contribution in [0.5, 0.6) is 5.88 Å². The Morgan fingerprint density at radius 3 is 2.78 bits per heavy atom. The number of aromatic nitrogens is 1. The summed E-state index contributed by atoms with van der Waals surface area (Å²) in [5.74, 6) is 0.724. The quantitative estimate of drug-likeness (QED) is 0.913. The smallest absolute Gasteiger partial charge is 0.234 e. The fraction of sp³-hybridized carbons (Fsp3) is 0.538. The van der Waals surface area contributed by atoms with Gasteiger partial charge < -0.3 is 9.84 Å². The van der Waals surface area contributed by atoms with Gasteiger partial charge in [0.25, 0.3) is 0 Å². The van der Waals surface area contributed by atoms with E-state index in [2.05, 4.69) is 4.98 Å². The molecule has 1 aromatic rings. The van der Waals surface area contributed by atoms with Crippen molar-refractivity contribution < 1.29 is 9.84 Å². The van der Waals surface area contributed by atoms with Crippen LogP contribution in [0.3, 0.4) is 0 Å².